The van der Waals surface area contributed by atoms with Crippen LogP contribution in [-0.4, -0.2) is 28.7 Å². The van der Waals surface area contributed by atoms with Crippen LogP contribution in [0.1, 0.15) is 54.4 Å². The number of carbonyl (C=O) groups is 1. The maximum Gasteiger partial charge on any atom is 0.253 e. The molecule has 0 atom stereocenters. The number of benzene rings is 1. The normalized spacial score (nSPS) is 25.4. The molecule has 4 heteroatoms. The summed E-state index contributed by atoms with van der Waals surface area (Å²) in [4.78, 5) is 13.0. The first-order valence-corrected chi connectivity index (χ1v) is 9.59. The molecule has 1 heterocycles. The first-order chi connectivity index (χ1) is 12.1. The number of nitrogens with zero attached hydrogens (tertiary/aromatic N) is 1. The molecule has 2 bridgehead atoms. The molecule has 0 radical (unpaired) electrons. The second-order valence-corrected chi connectivity index (χ2v) is 8.09. The summed E-state index contributed by atoms with van der Waals surface area (Å²) in [7, 11) is 0. The van der Waals surface area contributed by atoms with E-state index in [1.807, 2.05) is 35.9 Å². The van der Waals surface area contributed by atoms with Crippen LogP contribution in [0.2, 0.25) is 0 Å². The van der Waals surface area contributed by atoms with Crippen molar-refractivity contribution >= 4 is 16.8 Å². The van der Waals surface area contributed by atoms with Gasteiger partial charge in [0.15, 0.2) is 0 Å². The highest BCUT2D eigenvalue weighted by atomic mass is 16.3. The summed E-state index contributed by atoms with van der Waals surface area (Å²) in [5, 5.41) is 13.6. The minimum absolute atomic E-state index is 0.0260. The maximum atomic E-state index is 13.0. The van der Waals surface area contributed by atoms with E-state index in [2.05, 4.69) is 5.32 Å². The van der Waals surface area contributed by atoms with Gasteiger partial charge >= 0.3 is 0 Å². The fourth-order valence-corrected chi connectivity index (χ4v) is 4.96. The number of amides is 1. The Kier molecular flexibility index (Phi) is 4.32. The Morgan fingerprint density at radius 3 is 2.68 bits per heavy atom. The zero-order valence-electron chi connectivity index (χ0n) is 15.1. The van der Waals surface area contributed by atoms with Crippen LogP contribution >= 0.6 is 0 Å². The van der Waals surface area contributed by atoms with E-state index < -0.39 is 0 Å². The number of aliphatic hydroxyl groups excluding tert-OH is 1. The molecule has 0 aliphatic heterocycles. The summed E-state index contributed by atoms with van der Waals surface area (Å²) >= 11 is 0. The van der Waals surface area contributed by atoms with Crippen LogP contribution in [0.25, 0.3) is 10.9 Å². The molecule has 0 spiro atoms. The SMILES string of the molecule is Cc1cccc2c1c(C(=O)NCC13CCC(CC1)CC3)cn2CCO. The molecule has 3 saturated carbocycles. The van der Waals surface area contributed by atoms with Crippen molar-refractivity contribution in [2.24, 2.45) is 11.3 Å². The lowest BCUT2D eigenvalue weighted by molar-refractivity contribution is 0.0598. The number of aliphatic hydroxyl groups is 1. The molecule has 2 N–H and O–H groups in total. The number of carbonyl (C=O) groups excluding carboxylic acids is 1. The van der Waals surface area contributed by atoms with E-state index in [0.717, 1.165) is 34.5 Å². The Morgan fingerprint density at radius 2 is 2.00 bits per heavy atom. The highest BCUT2D eigenvalue weighted by molar-refractivity contribution is 6.08. The lowest BCUT2D eigenvalue weighted by Gasteiger charge is -2.46. The minimum atomic E-state index is 0.0260. The van der Waals surface area contributed by atoms with Gasteiger partial charge in [0, 0.05) is 30.2 Å². The first kappa shape index (κ1) is 16.6. The summed E-state index contributed by atoms with van der Waals surface area (Å²) in [5.41, 5.74) is 3.21. The van der Waals surface area contributed by atoms with Crippen molar-refractivity contribution < 1.29 is 9.90 Å². The Labute approximate surface area is 149 Å². The quantitative estimate of drug-likeness (QED) is 0.873. The Balaban J connectivity index is 1.57. The largest absolute Gasteiger partial charge is 0.395 e. The second-order valence-electron chi connectivity index (χ2n) is 8.09. The molecule has 2 aromatic rings. The molecule has 0 unspecified atom stereocenters. The van der Waals surface area contributed by atoms with E-state index in [4.69, 9.17) is 0 Å². The van der Waals surface area contributed by atoms with Crippen molar-refractivity contribution in [2.75, 3.05) is 13.2 Å². The van der Waals surface area contributed by atoms with Gasteiger partial charge in [-0.25, -0.2) is 0 Å². The van der Waals surface area contributed by atoms with Gasteiger partial charge in [0.2, 0.25) is 0 Å². The zero-order valence-corrected chi connectivity index (χ0v) is 15.1. The summed E-state index contributed by atoms with van der Waals surface area (Å²) in [6, 6.07) is 6.08. The molecule has 3 aliphatic carbocycles. The van der Waals surface area contributed by atoms with Crippen molar-refractivity contribution in [3.05, 3.63) is 35.5 Å². The summed E-state index contributed by atoms with van der Waals surface area (Å²) in [6.45, 7) is 3.43. The van der Waals surface area contributed by atoms with Crippen molar-refractivity contribution in [3.8, 4) is 0 Å². The van der Waals surface area contributed by atoms with Crippen LogP contribution in [-0.2, 0) is 6.54 Å². The highest BCUT2D eigenvalue weighted by Gasteiger charge is 2.40. The third kappa shape index (κ3) is 2.97. The van der Waals surface area contributed by atoms with E-state index in [-0.39, 0.29) is 12.5 Å². The standard InChI is InChI=1S/C21H28N2O2/c1-15-3-2-4-18-19(15)17(13-23(18)11-12-24)20(25)22-14-21-8-5-16(6-9-21)7-10-21/h2-4,13,16,24H,5-12,14H2,1H3,(H,22,25). The molecule has 3 aliphatic rings. The molecule has 134 valence electrons. The number of hydrogen-bond acceptors (Lipinski definition) is 2. The third-order valence-electron chi connectivity index (χ3n) is 6.57. The number of aromatic nitrogens is 1. The van der Waals surface area contributed by atoms with Crippen LogP contribution in [0.5, 0.6) is 0 Å². The topological polar surface area (TPSA) is 54.3 Å². The number of rotatable bonds is 5. The molecule has 1 amide bonds. The molecular formula is C21H28N2O2. The fourth-order valence-electron chi connectivity index (χ4n) is 4.96. The number of nitrogens with one attached hydrogen (secondary N) is 1. The van der Waals surface area contributed by atoms with E-state index in [9.17, 15) is 9.90 Å². The van der Waals surface area contributed by atoms with Gasteiger partial charge in [0.1, 0.15) is 0 Å². The van der Waals surface area contributed by atoms with E-state index in [1.165, 1.54) is 38.5 Å². The Bertz CT molecular complexity index is 771. The summed E-state index contributed by atoms with van der Waals surface area (Å²) in [6.07, 6.45) is 9.72. The zero-order chi connectivity index (χ0) is 17.4. The molecule has 3 fully saturated rings. The summed E-state index contributed by atoms with van der Waals surface area (Å²) in [5.74, 6) is 0.967. The smallest absolute Gasteiger partial charge is 0.253 e. The molecule has 0 saturated heterocycles. The average Bonchev–Trinajstić information content (AvgIpc) is 3.02. The molecule has 1 aromatic heterocycles. The van der Waals surface area contributed by atoms with Crippen molar-refractivity contribution in [2.45, 2.75) is 52.0 Å². The Morgan fingerprint density at radius 1 is 1.28 bits per heavy atom. The molecule has 1 aromatic carbocycles. The molecular weight excluding hydrogens is 312 g/mol. The van der Waals surface area contributed by atoms with Crippen LogP contribution in [0.15, 0.2) is 24.4 Å². The monoisotopic (exact) mass is 340 g/mol. The van der Waals surface area contributed by atoms with Crippen LogP contribution in [0, 0.1) is 18.3 Å². The van der Waals surface area contributed by atoms with Gasteiger partial charge < -0.3 is 15.0 Å². The van der Waals surface area contributed by atoms with E-state index in [0.29, 0.717) is 12.0 Å². The predicted molar refractivity (Wildman–Crippen MR) is 99.7 cm³/mol. The van der Waals surface area contributed by atoms with Crippen LogP contribution in [0.4, 0.5) is 0 Å². The average molecular weight is 340 g/mol. The van der Waals surface area contributed by atoms with Gasteiger partial charge in [-0.2, -0.15) is 0 Å². The van der Waals surface area contributed by atoms with Crippen molar-refractivity contribution in [3.63, 3.8) is 0 Å². The Hall–Kier alpha value is -1.81. The molecule has 5 rings (SSSR count). The van der Waals surface area contributed by atoms with Gasteiger partial charge in [0.25, 0.3) is 5.91 Å². The second kappa shape index (κ2) is 6.49. The van der Waals surface area contributed by atoms with Gasteiger partial charge in [-0.15, -0.1) is 0 Å². The van der Waals surface area contributed by atoms with Crippen molar-refractivity contribution in [1.82, 2.24) is 9.88 Å². The number of hydrogen-bond donors (Lipinski definition) is 2. The lowest BCUT2D eigenvalue weighted by Crippen LogP contribution is -2.43. The first-order valence-electron chi connectivity index (χ1n) is 9.59. The molecule has 25 heavy (non-hydrogen) atoms. The predicted octanol–water partition coefficient (Wildman–Crippen LogP) is 3.64. The lowest BCUT2D eigenvalue weighted by atomic mass is 9.61. The minimum Gasteiger partial charge on any atom is -0.395 e. The van der Waals surface area contributed by atoms with E-state index >= 15 is 0 Å². The third-order valence-corrected chi connectivity index (χ3v) is 6.57. The van der Waals surface area contributed by atoms with Gasteiger partial charge in [-0.3, -0.25) is 4.79 Å². The highest BCUT2D eigenvalue weighted by Crippen LogP contribution is 2.49. The van der Waals surface area contributed by atoms with Gasteiger partial charge in [-0.05, 0) is 68.4 Å². The maximum absolute atomic E-state index is 13.0. The van der Waals surface area contributed by atoms with Crippen molar-refractivity contribution in [1.29, 1.82) is 0 Å². The number of aryl methyl sites for hydroxylation is 1. The molecule has 4 nitrogen and oxygen atoms in total. The van der Waals surface area contributed by atoms with Crippen LogP contribution in [0.3, 0.4) is 0 Å². The van der Waals surface area contributed by atoms with E-state index in [1.54, 1.807) is 0 Å². The van der Waals surface area contributed by atoms with Crippen LogP contribution < -0.4 is 5.32 Å². The fraction of sp³-hybridized carbons (Fsp3) is 0.571. The van der Waals surface area contributed by atoms with Gasteiger partial charge in [0.05, 0.1) is 12.2 Å². The summed E-state index contributed by atoms with van der Waals surface area (Å²) < 4.78 is 1.99. The number of fused-ring (bicyclic) bond motifs is 4. The van der Waals surface area contributed by atoms with Gasteiger partial charge in [-0.1, -0.05) is 12.1 Å².